The summed E-state index contributed by atoms with van der Waals surface area (Å²) in [6.07, 6.45) is 0. The Morgan fingerprint density at radius 1 is 0.167 bits per heavy atom. The Bertz CT molecular complexity index is 474. The first kappa shape index (κ1) is 77.7. The molecule has 0 amide bonds. The molecule has 0 aliphatic rings. The third-order valence-electron chi connectivity index (χ3n) is 0. The minimum atomic E-state index is -3.13. The van der Waals surface area contributed by atoms with Crippen molar-refractivity contribution in [2.75, 3.05) is 0 Å². The second-order valence-corrected chi connectivity index (χ2v) is 8.48. The van der Waals surface area contributed by atoms with Gasteiger partial charge in [-0.15, -0.1) is 0 Å². The molecule has 0 unspecified atom stereocenters. The number of rotatable bonds is 0. The molecule has 0 aliphatic carbocycles. The molecular formula is H22Na2O30Si10. The van der Waals surface area contributed by atoms with Crippen molar-refractivity contribution in [3.63, 3.8) is 0 Å². The second-order valence-electron chi connectivity index (χ2n) is 2.83. The van der Waals surface area contributed by atoms with E-state index >= 15 is 0 Å². The van der Waals surface area contributed by atoms with Crippen LogP contribution in [0, 0.1) is 0 Å². The molecule has 0 spiro atoms. The van der Waals surface area contributed by atoms with Crippen molar-refractivity contribution < 1.29 is 141 Å². The fourth-order valence-electron chi connectivity index (χ4n) is 0. The molecule has 42 heteroatoms. The van der Waals surface area contributed by atoms with Gasteiger partial charge in [-0.2, -0.15) is 0 Å². The molecule has 0 aromatic rings. The molecule has 0 saturated carbocycles. The Kier molecular flexibility index (Phi) is 133. The topological polar surface area (TPSA) is 575 Å². The van der Waals surface area contributed by atoms with Crippen LogP contribution in [0.5, 0.6) is 0 Å². The van der Waals surface area contributed by atoms with Crippen LogP contribution in [-0.4, -0.2) is 247 Å². The van der Waals surface area contributed by atoms with Crippen LogP contribution in [0.25, 0.3) is 0 Å². The quantitative estimate of drug-likeness (QED) is 0.101. The van der Waals surface area contributed by atoms with Crippen LogP contribution in [0.15, 0.2) is 0 Å². The number of hydrogen-bond acceptors (Lipinski definition) is 10. The molecule has 244 valence electrons. The van der Waals surface area contributed by atoms with Crippen LogP contribution in [0.1, 0.15) is 0 Å². The standard InChI is InChI=1S/2Na.10H2O3Si.2H/c;;10*1-4(2)3;;/h;;10*1-2H;;. The monoisotopic (exact) mass is 828 g/mol. The Labute approximate surface area is 289 Å². The van der Waals surface area contributed by atoms with Crippen molar-refractivity contribution in [3.8, 4) is 0 Å². The molecule has 20 N–H and O–H groups in total. The van der Waals surface area contributed by atoms with Crippen LogP contribution >= 0.6 is 0 Å². The zero-order valence-electron chi connectivity index (χ0n) is 18.0. The predicted molar refractivity (Wildman–Crippen MR) is 123 cm³/mol. The van der Waals surface area contributed by atoms with Gasteiger partial charge in [-0.3, -0.25) is 44.6 Å². The van der Waals surface area contributed by atoms with Crippen LogP contribution < -0.4 is 0 Å². The maximum absolute atomic E-state index is 8.74. The normalized spacial score (nSPS) is 5.71. The summed E-state index contributed by atoms with van der Waals surface area (Å²) in [7, 11) is -31.3. The molecule has 0 atom stereocenters. The minimum absolute atomic E-state index is 0. The molecule has 0 aliphatic heterocycles. The fourth-order valence-corrected chi connectivity index (χ4v) is 0. The van der Waals surface area contributed by atoms with Gasteiger partial charge in [-0.1, -0.05) is 0 Å². The van der Waals surface area contributed by atoms with Crippen LogP contribution in [0.2, 0.25) is 0 Å². The van der Waals surface area contributed by atoms with Gasteiger partial charge in [0.15, 0.2) is 0 Å². The Morgan fingerprint density at radius 2 is 0.167 bits per heavy atom. The maximum atomic E-state index is 8.74. The van der Waals surface area contributed by atoms with Crippen molar-refractivity contribution >= 4 is 151 Å². The summed E-state index contributed by atoms with van der Waals surface area (Å²) in [5, 5.41) is 0. The summed E-state index contributed by atoms with van der Waals surface area (Å²) in [6, 6.07) is 0. The Hall–Kier alpha value is -1.83. The van der Waals surface area contributed by atoms with E-state index in [0.717, 1.165) is 0 Å². The first-order valence-corrected chi connectivity index (χ1v) is 19.5. The first-order chi connectivity index (χ1) is 17.3. The van der Waals surface area contributed by atoms with E-state index in [9.17, 15) is 0 Å². The molecule has 0 saturated heterocycles. The molecule has 0 heterocycles. The van der Waals surface area contributed by atoms with E-state index in [1.165, 1.54) is 0 Å². The molecule has 42 heavy (non-hydrogen) atoms. The van der Waals surface area contributed by atoms with Gasteiger partial charge >= 0.3 is 151 Å². The third-order valence-corrected chi connectivity index (χ3v) is 0. The Balaban J connectivity index is -0.0000000237. The fraction of sp³-hybridized carbons (Fsp3) is 0. The van der Waals surface area contributed by atoms with Gasteiger partial charge < -0.3 is 95.9 Å². The van der Waals surface area contributed by atoms with Crippen molar-refractivity contribution in [2.45, 2.75) is 0 Å². The van der Waals surface area contributed by atoms with Gasteiger partial charge in [-0.05, 0) is 0 Å². The van der Waals surface area contributed by atoms with Crippen molar-refractivity contribution in [3.05, 3.63) is 0 Å². The van der Waals surface area contributed by atoms with Crippen LogP contribution in [0.3, 0.4) is 0 Å². The molecule has 0 bridgehead atoms. The van der Waals surface area contributed by atoms with E-state index < -0.39 is 91.7 Å². The van der Waals surface area contributed by atoms with Gasteiger partial charge in [0.25, 0.3) is 0 Å². The van der Waals surface area contributed by atoms with E-state index in [2.05, 4.69) is 0 Å². The summed E-state index contributed by atoms with van der Waals surface area (Å²) in [5.74, 6) is 0. The summed E-state index contributed by atoms with van der Waals surface area (Å²) in [5.41, 5.74) is 0. The molecular weight excluding hydrogens is 807 g/mol. The van der Waals surface area contributed by atoms with E-state index in [4.69, 9.17) is 141 Å². The van der Waals surface area contributed by atoms with Gasteiger partial charge in [0, 0.05) is 0 Å². The molecule has 0 aromatic carbocycles. The molecule has 0 aromatic heterocycles. The molecule has 0 fully saturated rings. The summed E-state index contributed by atoms with van der Waals surface area (Å²) >= 11 is 0. The summed E-state index contributed by atoms with van der Waals surface area (Å²) < 4.78 is 87.4. The van der Waals surface area contributed by atoms with E-state index in [0.29, 0.717) is 0 Å². The summed E-state index contributed by atoms with van der Waals surface area (Å²) in [4.78, 5) is 143. The predicted octanol–water partition coefficient (Wildman–Crippen LogP) is -17.4. The summed E-state index contributed by atoms with van der Waals surface area (Å²) in [6.45, 7) is 0. The van der Waals surface area contributed by atoms with E-state index in [1.807, 2.05) is 0 Å². The Morgan fingerprint density at radius 3 is 0.167 bits per heavy atom. The van der Waals surface area contributed by atoms with Gasteiger partial charge in [-0.25, -0.2) is 0 Å². The van der Waals surface area contributed by atoms with Crippen molar-refractivity contribution in [2.24, 2.45) is 0 Å². The van der Waals surface area contributed by atoms with Crippen LogP contribution in [-0.2, 0) is 44.6 Å². The van der Waals surface area contributed by atoms with Gasteiger partial charge in [0.05, 0.1) is 0 Å². The number of hydrogen-bond donors (Lipinski definition) is 20. The van der Waals surface area contributed by atoms with Crippen molar-refractivity contribution in [1.29, 1.82) is 0 Å². The van der Waals surface area contributed by atoms with Crippen molar-refractivity contribution in [1.82, 2.24) is 0 Å². The zero-order valence-corrected chi connectivity index (χ0v) is 28.0. The van der Waals surface area contributed by atoms with Crippen LogP contribution in [0.4, 0.5) is 0 Å². The van der Waals surface area contributed by atoms with E-state index in [-0.39, 0.29) is 59.1 Å². The van der Waals surface area contributed by atoms with E-state index in [1.54, 1.807) is 0 Å². The SMILES string of the molecule is O=[Si](O)O.O=[Si](O)O.O=[Si](O)O.O=[Si](O)O.O=[Si](O)O.O=[Si](O)O.O=[Si](O)O.O=[Si](O)O.O=[Si](O)O.O=[Si](O)O.[NaH].[NaH]. The average Bonchev–Trinajstić information content (AvgIpc) is 2.47. The third kappa shape index (κ3) is 15700. The molecule has 0 rings (SSSR count). The second kappa shape index (κ2) is 71.9. The first-order valence-electron chi connectivity index (χ1n) is 6.51. The molecule has 0 radical (unpaired) electrons. The molecule has 30 nitrogen and oxygen atoms in total. The average molecular weight is 829 g/mol. The van der Waals surface area contributed by atoms with Gasteiger partial charge in [0.2, 0.25) is 0 Å². The zero-order chi connectivity index (χ0) is 35.8. The van der Waals surface area contributed by atoms with Gasteiger partial charge in [0.1, 0.15) is 0 Å².